The molecule has 2 atom stereocenters. The van der Waals surface area contributed by atoms with E-state index in [1.165, 1.54) is 6.07 Å². The van der Waals surface area contributed by atoms with Crippen LogP contribution < -0.4 is 16.6 Å². The summed E-state index contributed by atoms with van der Waals surface area (Å²) in [6, 6.07) is 2.67. The van der Waals surface area contributed by atoms with Crippen molar-refractivity contribution in [3.8, 4) is 11.4 Å². The van der Waals surface area contributed by atoms with Gasteiger partial charge in [-0.3, -0.25) is 9.59 Å². The number of carbonyl (C=O) groups excluding carboxylic acids is 2. The lowest BCUT2D eigenvalue weighted by Crippen LogP contribution is -2.44. The normalized spacial score (nSPS) is 19.6. The van der Waals surface area contributed by atoms with Gasteiger partial charge in [0.2, 0.25) is 5.91 Å². The van der Waals surface area contributed by atoms with E-state index >= 15 is 4.39 Å². The van der Waals surface area contributed by atoms with Crippen molar-refractivity contribution in [2.24, 2.45) is 11.1 Å². The summed E-state index contributed by atoms with van der Waals surface area (Å²) in [6.45, 7) is 7.46. The highest BCUT2D eigenvalue weighted by Crippen LogP contribution is 2.46. The third-order valence-corrected chi connectivity index (χ3v) is 9.31. The van der Waals surface area contributed by atoms with Crippen molar-refractivity contribution in [2.45, 2.75) is 84.3 Å². The Hall–Kier alpha value is -4.37. The molecule has 4 heterocycles. The number of halogens is 4. The minimum atomic E-state index is -5.08. The molecule has 2 aromatic heterocycles. The summed E-state index contributed by atoms with van der Waals surface area (Å²) in [6.07, 6.45) is -3.40. The predicted octanol–water partition coefficient (Wildman–Crippen LogP) is 3.64. The molecule has 0 saturated carbocycles. The maximum atomic E-state index is 15.1. The van der Waals surface area contributed by atoms with Crippen LogP contribution in [0.2, 0.25) is 0 Å². The summed E-state index contributed by atoms with van der Waals surface area (Å²) in [5, 5.41) is 22.4. The number of hydrogen-bond donors (Lipinski definition) is 4. The number of ether oxygens (including phenoxy) is 1. The van der Waals surface area contributed by atoms with Gasteiger partial charge in [0, 0.05) is 28.0 Å². The standard InChI is InChI=1S/C30H33FN4O5.C2HF3O2/c1-5-30(39)18-10-22-25-16(12-35(22)26(36)17(18)13-40-28(30)38)24-20(34-27(37)29(3,4)8-9-32)7-6-15-14(2)19(31)11-21(33-25)23(15)24;3-2(4,5)1(6)7/h10-11,20,39H,5-9,12-13,32H2,1-4H3,(H,34,37);(H,6,7)/t20-,30-;/m0./s1. The first-order chi connectivity index (χ1) is 21.9. The van der Waals surface area contributed by atoms with Gasteiger partial charge >= 0.3 is 18.1 Å². The summed E-state index contributed by atoms with van der Waals surface area (Å²) in [4.78, 5) is 53.4. The number of aliphatic carboxylic acids is 1. The molecule has 3 aliphatic rings. The van der Waals surface area contributed by atoms with E-state index < -0.39 is 29.1 Å². The van der Waals surface area contributed by atoms with Crippen LogP contribution in [0.4, 0.5) is 17.6 Å². The second-order valence-electron chi connectivity index (χ2n) is 12.6. The average Bonchev–Trinajstić information content (AvgIpc) is 3.37. The molecule has 0 bridgehead atoms. The largest absolute Gasteiger partial charge is 0.490 e. The quantitative estimate of drug-likeness (QED) is 0.184. The van der Waals surface area contributed by atoms with Crippen LogP contribution in [0.15, 0.2) is 16.9 Å². The lowest BCUT2D eigenvalue weighted by molar-refractivity contribution is -0.192. The molecule has 1 amide bonds. The van der Waals surface area contributed by atoms with E-state index in [-0.39, 0.29) is 54.0 Å². The first-order valence-corrected chi connectivity index (χ1v) is 15.0. The molecular formula is C32H34F4N4O7. The van der Waals surface area contributed by atoms with Crippen LogP contribution in [-0.4, -0.2) is 50.3 Å². The molecule has 1 aliphatic carbocycles. The smallest absolute Gasteiger partial charge is 0.475 e. The number of nitrogens with two attached hydrogens (primary N) is 1. The van der Waals surface area contributed by atoms with Crippen LogP contribution in [0.1, 0.15) is 79.5 Å². The second-order valence-corrected chi connectivity index (χ2v) is 12.6. The number of aryl methyl sites for hydroxylation is 1. The van der Waals surface area contributed by atoms with Gasteiger partial charge in [0.25, 0.3) is 5.56 Å². The monoisotopic (exact) mass is 662 g/mol. The van der Waals surface area contributed by atoms with Crippen LogP contribution in [-0.2, 0) is 44.3 Å². The summed E-state index contributed by atoms with van der Waals surface area (Å²) in [7, 11) is 0. The van der Waals surface area contributed by atoms with Crippen molar-refractivity contribution in [1.82, 2.24) is 14.9 Å². The summed E-state index contributed by atoms with van der Waals surface area (Å²) in [5.74, 6) is -4.05. The van der Waals surface area contributed by atoms with Gasteiger partial charge in [0.15, 0.2) is 5.60 Å². The van der Waals surface area contributed by atoms with Gasteiger partial charge in [-0.15, -0.1) is 0 Å². The van der Waals surface area contributed by atoms with Crippen molar-refractivity contribution < 1.29 is 46.9 Å². The summed E-state index contributed by atoms with van der Waals surface area (Å²) in [5.41, 5.74) is 7.59. The van der Waals surface area contributed by atoms with Gasteiger partial charge in [-0.05, 0) is 61.9 Å². The molecule has 0 fully saturated rings. The molecule has 0 unspecified atom stereocenters. The minimum Gasteiger partial charge on any atom is -0.475 e. The number of alkyl halides is 3. The van der Waals surface area contributed by atoms with Crippen molar-refractivity contribution in [1.29, 1.82) is 0 Å². The Balaban J connectivity index is 0.000000559. The SMILES string of the molecule is CC[C@@]1(O)C(=O)OCc2c1cc1n(c2=O)Cc2c-1nc1cc(F)c(C)c3c1c2[C@@H](NC(=O)C(C)(C)CCN)CC3.O=C(O)C(F)(F)F. The Kier molecular flexibility index (Phi) is 8.46. The fourth-order valence-electron chi connectivity index (χ4n) is 6.53. The van der Waals surface area contributed by atoms with E-state index in [0.717, 1.165) is 22.1 Å². The second kappa shape index (κ2) is 11.7. The van der Waals surface area contributed by atoms with Gasteiger partial charge in [-0.1, -0.05) is 20.8 Å². The number of esters is 1. The number of carboxylic acids is 1. The number of carbonyl (C=O) groups is 3. The molecule has 0 saturated heterocycles. The number of carboxylic acid groups (broad SMARTS) is 1. The molecule has 1 aromatic carbocycles. The van der Waals surface area contributed by atoms with Crippen molar-refractivity contribution in [2.75, 3.05) is 6.54 Å². The molecule has 6 rings (SSSR count). The molecule has 0 spiro atoms. The Bertz CT molecular complexity index is 1900. The third kappa shape index (κ3) is 5.54. The van der Waals surface area contributed by atoms with E-state index in [1.54, 1.807) is 24.5 Å². The number of amides is 1. The molecule has 15 heteroatoms. The number of nitrogens with one attached hydrogen (secondary N) is 1. The number of rotatable bonds is 5. The van der Waals surface area contributed by atoms with Gasteiger partial charge < -0.3 is 30.6 Å². The van der Waals surface area contributed by atoms with E-state index in [1.807, 2.05) is 13.8 Å². The minimum absolute atomic E-state index is 0.0333. The lowest BCUT2D eigenvalue weighted by Gasteiger charge is -2.32. The van der Waals surface area contributed by atoms with Crippen molar-refractivity contribution in [3.63, 3.8) is 0 Å². The number of pyridine rings is 2. The van der Waals surface area contributed by atoms with E-state index in [2.05, 4.69) is 5.32 Å². The zero-order valence-corrected chi connectivity index (χ0v) is 26.1. The Morgan fingerprint density at radius 1 is 1.19 bits per heavy atom. The zero-order chi connectivity index (χ0) is 34.8. The number of nitrogens with zero attached hydrogens (tertiary/aromatic N) is 2. The molecule has 47 heavy (non-hydrogen) atoms. The van der Waals surface area contributed by atoms with Gasteiger partial charge in [-0.25, -0.2) is 19.0 Å². The molecule has 3 aromatic rings. The maximum absolute atomic E-state index is 15.1. The maximum Gasteiger partial charge on any atom is 0.490 e. The first-order valence-electron chi connectivity index (χ1n) is 15.0. The number of benzene rings is 1. The first kappa shape index (κ1) is 34.0. The van der Waals surface area contributed by atoms with E-state index in [9.17, 15) is 32.7 Å². The number of aromatic nitrogens is 2. The number of fused-ring (bicyclic) bond motifs is 5. The number of cyclic esters (lactones) is 1. The van der Waals surface area contributed by atoms with Crippen LogP contribution in [0, 0.1) is 18.2 Å². The highest BCUT2D eigenvalue weighted by molar-refractivity contribution is 5.94. The molecule has 0 radical (unpaired) electrons. The Morgan fingerprint density at radius 2 is 1.85 bits per heavy atom. The molecule has 11 nitrogen and oxygen atoms in total. The predicted molar refractivity (Wildman–Crippen MR) is 160 cm³/mol. The third-order valence-electron chi connectivity index (χ3n) is 9.31. The highest BCUT2D eigenvalue weighted by Gasteiger charge is 2.46. The van der Waals surface area contributed by atoms with Crippen LogP contribution in [0.5, 0.6) is 0 Å². The Morgan fingerprint density at radius 3 is 2.45 bits per heavy atom. The highest BCUT2D eigenvalue weighted by atomic mass is 19.4. The summed E-state index contributed by atoms with van der Waals surface area (Å²) < 4.78 is 53.6. The number of hydrogen-bond acceptors (Lipinski definition) is 8. The van der Waals surface area contributed by atoms with Crippen LogP contribution >= 0.6 is 0 Å². The topological polar surface area (TPSA) is 174 Å². The molecule has 252 valence electrons. The van der Waals surface area contributed by atoms with Crippen molar-refractivity contribution >= 4 is 28.7 Å². The molecule has 5 N–H and O–H groups in total. The summed E-state index contributed by atoms with van der Waals surface area (Å²) >= 11 is 0. The Labute approximate surface area is 265 Å². The lowest BCUT2D eigenvalue weighted by atomic mass is 9.80. The van der Waals surface area contributed by atoms with Gasteiger partial charge in [0.1, 0.15) is 12.4 Å². The van der Waals surface area contributed by atoms with Crippen molar-refractivity contribution in [3.05, 3.63) is 61.7 Å². The fourth-order valence-corrected chi connectivity index (χ4v) is 6.53. The van der Waals surface area contributed by atoms with E-state index in [0.29, 0.717) is 48.3 Å². The fraction of sp³-hybridized carbons (Fsp3) is 0.469. The average molecular weight is 663 g/mol. The molecule has 2 aliphatic heterocycles. The molecular weight excluding hydrogens is 628 g/mol. The van der Waals surface area contributed by atoms with Gasteiger partial charge in [0.05, 0.1) is 35.1 Å². The van der Waals surface area contributed by atoms with Crippen LogP contribution in [0.3, 0.4) is 0 Å². The van der Waals surface area contributed by atoms with Crippen LogP contribution in [0.25, 0.3) is 22.3 Å². The van der Waals surface area contributed by atoms with Gasteiger partial charge in [-0.2, -0.15) is 13.2 Å². The zero-order valence-electron chi connectivity index (χ0n) is 26.1. The number of aliphatic hydroxyl groups is 1. The van der Waals surface area contributed by atoms with E-state index in [4.69, 9.17) is 25.4 Å².